The number of aryl methyl sites for hydroxylation is 2. The van der Waals surface area contributed by atoms with Crippen LogP contribution in [-0.4, -0.2) is 13.9 Å². The van der Waals surface area contributed by atoms with Gasteiger partial charge in [-0.1, -0.05) is 32.8 Å². The minimum Gasteiger partial charge on any atom is -0.467 e. The van der Waals surface area contributed by atoms with E-state index in [0.29, 0.717) is 5.75 Å². The third-order valence-corrected chi connectivity index (χ3v) is 4.59. The quantitative estimate of drug-likeness (QED) is 0.605. The predicted molar refractivity (Wildman–Crippen MR) is 87.4 cm³/mol. The van der Waals surface area contributed by atoms with Gasteiger partial charge in [-0.15, -0.1) is 0 Å². The lowest BCUT2D eigenvalue weighted by Gasteiger charge is -2.17. The average Bonchev–Trinajstić information content (AvgIpc) is 2.46. The first-order valence-electron chi connectivity index (χ1n) is 6.99. The van der Waals surface area contributed by atoms with Crippen LogP contribution in [0.1, 0.15) is 16.7 Å². The van der Waals surface area contributed by atoms with Gasteiger partial charge in [-0.2, -0.15) is 13.2 Å². The Morgan fingerprint density at radius 1 is 1.04 bits per heavy atom. The minimum absolute atomic E-state index is 0.0578. The topological polar surface area (TPSA) is 18.5 Å². The number of alkyl halides is 3. The van der Waals surface area contributed by atoms with Crippen molar-refractivity contribution in [2.75, 3.05) is 13.9 Å². The van der Waals surface area contributed by atoms with E-state index >= 15 is 0 Å². The molecule has 2 nitrogen and oxygen atoms in total. The lowest BCUT2D eigenvalue weighted by molar-refractivity contribution is -0.136. The molecule has 0 aliphatic rings. The standard InChI is InChI=1S/C17H18F3O2P/c1-11-8-12(2)16(22-10-21-3)15(9-11)23-14-7-5-4-6-13(14)17(18,19)20/h4-9,23H,10H2,1-3H3. The minimum atomic E-state index is -4.37. The SMILES string of the molecule is COCOc1c(C)cc(C)cc1Pc1ccccc1C(F)(F)F. The van der Waals surface area contributed by atoms with Gasteiger partial charge in [0.2, 0.25) is 0 Å². The number of rotatable bonds is 5. The summed E-state index contributed by atoms with van der Waals surface area (Å²) >= 11 is 0. The zero-order valence-corrected chi connectivity index (χ0v) is 14.1. The van der Waals surface area contributed by atoms with Gasteiger partial charge in [-0.25, -0.2) is 0 Å². The van der Waals surface area contributed by atoms with Crippen molar-refractivity contribution in [2.45, 2.75) is 20.0 Å². The van der Waals surface area contributed by atoms with Crippen molar-refractivity contribution in [3.63, 3.8) is 0 Å². The molecule has 2 rings (SSSR count). The maximum absolute atomic E-state index is 13.2. The van der Waals surface area contributed by atoms with E-state index in [1.807, 2.05) is 26.0 Å². The first-order chi connectivity index (χ1) is 10.8. The van der Waals surface area contributed by atoms with E-state index in [2.05, 4.69) is 0 Å². The molecule has 1 atom stereocenters. The molecule has 0 amide bonds. The van der Waals surface area contributed by atoms with E-state index in [9.17, 15) is 13.2 Å². The Labute approximate surface area is 135 Å². The Bertz CT molecular complexity index is 684. The van der Waals surface area contributed by atoms with Crippen LogP contribution in [0.2, 0.25) is 0 Å². The highest BCUT2D eigenvalue weighted by atomic mass is 31.1. The molecule has 0 heterocycles. The lowest BCUT2D eigenvalue weighted by atomic mass is 10.1. The maximum Gasteiger partial charge on any atom is 0.417 e. The van der Waals surface area contributed by atoms with Gasteiger partial charge in [0.1, 0.15) is 5.75 Å². The van der Waals surface area contributed by atoms with Crippen LogP contribution < -0.4 is 15.3 Å². The number of hydrogen-bond donors (Lipinski definition) is 0. The van der Waals surface area contributed by atoms with E-state index in [0.717, 1.165) is 22.5 Å². The molecule has 0 aliphatic heterocycles. The van der Waals surface area contributed by atoms with Gasteiger partial charge in [0.15, 0.2) is 6.79 Å². The fourth-order valence-electron chi connectivity index (χ4n) is 2.34. The second kappa shape index (κ2) is 7.33. The molecular formula is C17H18F3O2P. The van der Waals surface area contributed by atoms with Gasteiger partial charge in [0.25, 0.3) is 0 Å². The molecule has 0 saturated carbocycles. The highest BCUT2D eigenvalue weighted by Crippen LogP contribution is 2.32. The van der Waals surface area contributed by atoms with Crippen molar-refractivity contribution in [3.8, 4) is 5.75 Å². The average molecular weight is 342 g/mol. The molecule has 0 aliphatic carbocycles. The first kappa shape index (κ1) is 17.8. The molecule has 0 radical (unpaired) electrons. The van der Waals surface area contributed by atoms with E-state index < -0.39 is 11.7 Å². The molecule has 2 aromatic carbocycles. The molecule has 1 unspecified atom stereocenters. The van der Waals surface area contributed by atoms with E-state index in [4.69, 9.17) is 9.47 Å². The smallest absolute Gasteiger partial charge is 0.417 e. The largest absolute Gasteiger partial charge is 0.467 e. The van der Waals surface area contributed by atoms with E-state index in [1.54, 1.807) is 6.07 Å². The second-order valence-corrected chi connectivity index (χ2v) is 6.51. The molecule has 0 spiro atoms. The normalized spacial score (nSPS) is 12.1. The molecule has 124 valence electrons. The number of methoxy groups -OCH3 is 1. The number of ether oxygens (including phenoxy) is 2. The summed E-state index contributed by atoms with van der Waals surface area (Å²) < 4.78 is 50.0. The van der Waals surface area contributed by atoms with Gasteiger partial charge >= 0.3 is 6.18 Å². The Kier molecular flexibility index (Phi) is 5.66. The molecule has 0 fully saturated rings. The van der Waals surface area contributed by atoms with Crippen molar-refractivity contribution in [3.05, 3.63) is 53.1 Å². The maximum atomic E-state index is 13.2. The third kappa shape index (κ3) is 4.46. The van der Waals surface area contributed by atoms with Crippen molar-refractivity contribution >= 4 is 19.2 Å². The van der Waals surface area contributed by atoms with E-state index in [1.165, 1.54) is 19.2 Å². The summed E-state index contributed by atoms with van der Waals surface area (Å²) in [6.07, 6.45) is -4.37. The summed E-state index contributed by atoms with van der Waals surface area (Å²) in [6, 6.07) is 9.45. The second-order valence-electron chi connectivity index (χ2n) is 5.18. The monoisotopic (exact) mass is 342 g/mol. The highest BCUT2D eigenvalue weighted by molar-refractivity contribution is 7.55. The lowest BCUT2D eigenvalue weighted by Crippen LogP contribution is -2.19. The molecule has 0 bridgehead atoms. The summed E-state index contributed by atoms with van der Waals surface area (Å²) in [6.45, 7) is 3.85. The van der Waals surface area contributed by atoms with Crippen molar-refractivity contribution < 1.29 is 22.6 Å². The van der Waals surface area contributed by atoms with Gasteiger partial charge in [0, 0.05) is 12.4 Å². The number of halogens is 3. The predicted octanol–water partition coefficient (Wildman–Crippen LogP) is 3.93. The molecule has 0 N–H and O–H groups in total. The third-order valence-electron chi connectivity index (χ3n) is 3.24. The summed E-state index contributed by atoms with van der Waals surface area (Å²) in [5.41, 5.74) is 1.27. The zero-order chi connectivity index (χ0) is 17.0. The van der Waals surface area contributed by atoms with Crippen LogP contribution in [0, 0.1) is 13.8 Å². The van der Waals surface area contributed by atoms with Crippen molar-refractivity contribution in [1.29, 1.82) is 0 Å². The molecule has 2 aromatic rings. The van der Waals surface area contributed by atoms with Crippen LogP contribution in [0.4, 0.5) is 13.2 Å². The van der Waals surface area contributed by atoms with Gasteiger partial charge in [-0.05, 0) is 42.4 Å². The molecule has 0 aromatic heterocycles. The fraction of sp³-hybridized carbons (Fsp3) is 0.294. The Morgan fingerprint density at radius 3 is 2.39 bits per heavy atom. The summed E-state index contributed by atoms with van der Waals surface area (Å²) in [5, 5.41) is 1.00. The molecule has 23 heavy (non-hydrogen) atoms. The van der Waals surface area contributed by atoms with Gasteiger partial charge < -0.3 is 9.47 Å². The van der Waals surface area contributed by atoms with Gasteiger partial charge in [-0.3, -0.25) is 0 Å². The number of hydrogen-bond acceptors (Lipinski definition) is 2. The van der Waals surface area contributed by atoms with Crippen LogP contribution in [0.15, 0.2) is 36.4 Å². The van der Waals surface area contributed by atoms with Crippen LogP contribution in [0.3, 0.4) is 0 Å². The van der Waals surface area contributed by atoms with Crippen LogP contribution in [-0.2, 0) is 10.9 Å². The first-order valence-corrected chi connectivity index (χ1v) is 7.99. The van der Waals surface area contributed by atoms with Crippen LogP contribution in [0.5, 0.6) is 5.75 Å². The van der Waals surface area contributed by atoms with Gasteiger partial charge in [0.05, 0.1) is 5.56 Å². The molecular weight excluding hydrogens is 324 g/mol. The number of benzene rings is 2. The van der Waals surface area contributed by atoms with Crippen LogP contribution in [0.25, 0.3) is 0 Å². The summed E-state index contributed by atoms with van der Waals surface area (Å²) in [5.74, 6) is 0.591. The molecule has 6 heteroatoms. The zero-order valence-electron chi connectivity index (χ0n) is 13.1. The Balaban J connectivity index is 2.44. The Morgan fingerprint density at radius 2 is 1.74 bits per heavy atom. The fourth-order valence-corrected chi connectivity index (χ4v) is 3.85. The van der Waals surface area contributed by atoms with Crippen molar-refractivity contribution in [2.24, 2.45) is 0 Å². The Hall–Kier alpha value is -1.58. The highest BCUT2D eigenvalue weighted by Gasteiger charge is 2.33. The summed E-state index contributed by atoms with van der Waals surface area (Å²) in [4.78, 5) is 0. The van der Waals surface area contributed by atoms with E-state index in [-0.39, 0.29) is 20.7 Å². The summed E-state index contributed by atoms with van der Waals surface area (Å²) in [7, 11) is 1.36. The van der Waals surface area contributed by atoms with Crippen LogP contribution >= 0.6 is 8.58 Å². The van der Waals surface area contributed by atoms with Crippen molar-refractivity contribution in [1.82, 2.24) is 0 Å². The molecule has 0 saturated heterocycles.